The molecule has 19 heavy (non-hydrogen) atoms. The molecule has 0 aromatic heterocycles. The normalized spacial score (nSPS) is 22.7. The van der Waals surface area contributed by atoms with Crippen LogP contribution in [-0.2, 0) is 9.53 Å². The number of ether oxygens (including phenoxy) is 1. The summed E-state index contributed by atoms with van der Waals surface area (Å²) in [6, 6.07) is 5.63. The molecule has 0 saturated carbocycles. The van der Waals surface area contributed by atoms with Crippen LogP contribution in [0.4, 0.5) is 14.5 Å². The van der Waals surface area contributed by atoms with E-state index < -0.39 is 12.5 Å². The summed E-state index contributed by atoms with van der Waals surface area (Å²) in [5.41, 5.74) is 5.69. The van der Waals surface area contributed by atoms with Crippen LogP contribution < -0.4 is 11.1 Å². The number of anilines is 1. The Labute approximate surface area is 109 Å². The van der Waals surface area contributed by atoms with Crippen molar-refractivity contribution < 1.29 is 18.3 Å². The highest BCUT2D eigenvalue weighted by Gasteiger charge is 2.29. The second-order valence-corrected chi connectivity index (χ2v) is 4.48. The first-order valence-corrected chi connectivity index (χ1v) is 6.14. The Kier molecular flexibility index (Phi) is 4.44. The Balaban J connectivity index is 1.97. The number of hydrogen-bond acceptors (Lipinski definition) is 3. The summed E-state index contributed by atoms with van der Waals surface area (Å²) in [7, 11) is 0. The largest absolute Gasteiger partial charge is 0.364 e. The molecular weight excluding hydrogens is 254 g/mol. The Bertz CT molecular complexity index is 454. The summed E-state index contributed by atoms with van der Waals surface area (Å²) in [4.78, 5) is 11.9. The molecule has 1 aromatic carbocycles. The van der Waals surface area contributed by atoms with Gasteiger partial charge in [-0.15, -0.1) is 0 Å². The predicted molar refractivity (Wildman–Crippen MR) is 67.0 cm³/mol. The number of nitrogens with one attached hydrogen (secondary N) is 1. The van der Waals surface area contributed by atoms with E-state index in [4.69, 9.17) is 10.5 Å². The van der Waals surface area contributed by atoms with Gasteiger partial charge in [0.25, 0.3) is 12.3 Å². The van der Waals surface area contributed by atoms with Gasteiger partial charge in [0.15, 0.2) is 0 Å². The van der Waals surface area contributed by atoms with E-state index in [1.54, 1.807) is 6.07 Å². The van der Waals surface area contributed by atoms with Crippen LogP contribution in [0.3, 0.4) is 0 Å². The summed E-state index contributed by atoms with van der Waals surface area (Å²) >= 11 is 0. The fourth-order valence-electron chi connectivity index (χ4n) is 2.05. The summed E-state index contributed by atoms with van der Waals surface area (Å²) in [6.45, 7) is 0.380. The second kappa shape index (κ2) is 6.08. The monoisotopic (exact) mass is 270 g/mol. The van der Waals surface area contributed by atoms with Crippen molar-refractivity contribution >= 4 is 11.6 Å². The molecule has 6 heteroatoms. The number of carbonyl (C=O) groups is 1. The molecule has 1 aromatic rings. The van der Waals surface area contributed by atoms with Crippen LogP contribution in [0.1, 0.15) is 24.8 Å². The second-order valence-electron chi connectivity index (χ2n) is 4.48. The number of halogens is 2. The van der Waals surface area contributed by atoms with Crippen LogP contribution in [0.25, 0.3) is 0 Å². The number of rotatable bonds is 4. The zero-order valence-corrected chi connectivity index (χ0v) is 10.3. The van der Waals surface area contributed by atoms with Gasteiger partial charge in [-0.25, -0.2) is 8.78 Å². The molecule has 3 N–H and O–H groups in total. The van der Waals surface area contributed by atoms with Gasteiger partial charge in [-0.05, 0) is 25.0 Å². The molecule has 1 fully saturated rings. The van der Waals surface area contributed by atoms with Gasteiger partial charge in [-0.3, -0.25) is 4.79 Å². The standard InChI is InChI=1S/C13H16F2N2O2/c14-12(15)8-2-1-3-9(6-8)17-13(18)11-5-4-10(7-16)19-11/h1-3,6,10-12H,4-5,7,16H2,(H,17,18)/t10-,11+/m1/s1. The number of benzene rings is 1. The molecule has 1 amide bonds. The van der Waals surface area contributed by atoms with Crippen LogP contribution in [0, 0.1) is 0 Å². The van der Waals surface area contributed by atoms with E-state index in [9.17, 15) is 13.6 Å². The molecular formula is C13H16F2N2O2. The average Bonchev–Trinajstić information content (AvgIpc) is 2.88. The quantitative estimate of drug-likeness (QED) is 0.880. The third-order valence-corrected chi connectivity index (χ3v) is 3.07. The molecule has 1 aliphatic rings. The van der Waals surface area contributed by atoms with Crippen molar-refractivity contribution in [2.75, 3.05) is 11.9 Å². The van der Waals surface area contributed by atoms with E-state index >= 15 is 0 Å². The number of amides is 1. The zero-order valence-electron chi connectivity index (χ0n) is 10.3. The first kappa shape index (κ1) is 13.9. The lowest BCUT2D eigenvalue weighted by Gasteiger charge is -2.13. The molecule has 0 aliphatic carbocycles. The van der Waals surface area contributed by atoms with Crippen molar-refractivity contribution in [1.82, 2.24) is 0 Å². The molecule has 1 aliphatic heterocycles. The van der Waals surface area contributed by atoms with Crippen molar-refractivity contribution in [3.8, 4) is 0 Å². The molecule has 0 spiro atoms. The number of alkyl halides is 2. The third kappa shape index (κ3) is 3.48. The van der Waals surface area contributed by atoms with Crippen molar-refractivity contribution in [1.29, 1.82) is 0 Å². The van der Waals surface area contributed by atoms with Crippen LogP contribution in [-0.4, -0.2) is 24.7 Å². The maximum Gasteiger partial charge on any atom is 0.263 e. The molecule has 4 nitrogen and oxygen atoms in total. The van der Waals surface area contributed by atoms with E-state index in [1.807, 2.05) is 0 Å². The van der Waals surface area contributed by atoms with Crippen molar-refractivity contribution in [3.05, 3.63) is 29.8 Å². The van der Waals surface area contributed by atoms with Gasteiger partial charge in [-0.1, -0.05) is 12.1 Å². The van der Waals surface area contributed by atoms with Crippen LogP contribution >= 0.6 is 0 Å². The number of hydrogen-bond donors (Lipinski definition) is 2. The van der Waals surface area contributed by atoms with Gasteiger partial charge in [0.2, 0.25) is 0 Å². The Morgan fingerprint density at radius 1 is 1.47 bits per heavy atom. The smallest absolute Gasteiger partial charge is 0.263 e. The van der Waals surface area contributed by atoms with Crippen LogP contribution in [0.15, 0.2) is 24.3 Å². The summed E-state index contributed by atoms with van der Waals surface area (Å²) in [5.74, 6) is -0.317. The van der Waals surface area contributed by atoms with Gasteiger partial charge in [0.05, 0.1) is 6.10 Å². The Morgan fingerprint density at radius 3 is 2.89 bits per heavy atom. The molecule has 0 bridgehead atoms. The third-order valence-electron chi connectivity index (χ3n) is 3.07. The van der Waals surface area contributed by atoms with E-state index in [2.05, 4.69) is 5.32 Å². The summed E-state index contributed by atoms with van der Waals surface area (Å²) in [6.07, 6.45) is -1.86. The Morgan fingerprint density at radius 2 is 2.26 bits per heavy atom. The maximum atomic E-state index is 12.5. The lowest BCUT2D eigenvalue weighted by Crippen LogP contribution is -2.29. The van der Waals surface area contributed by atoms with Crippen molar-refractivity contribution in [2.45, 2.75) is 31.5 Å². The minimum atomic E-state index is -2.55. The van der Waals surface area contributed by atoms with Crippen LogP contribution in [0.2, 0.25) is 0 Å². The van der Waals surface area contributed by atoms with Gasteiger partial charge in [-0.2, -0.15) is 0 Å². The lowest BCUT2D eigenvalue weighted by atomic mass is 10.1. The first-order chi connectivity index (χ1) is 9.10. The predicted octanol–water partition coefficient (Wildman–Crippen LogP) is 2.07. The highest BCUT2D eigenvalue weighted by atomic mass is 19.3. The van der Waals surface area contributed by atoms with E-state index in [-0.39, 0.29) is 17.6 Å². The van der Waals surface area contributed by atoms with Crippen molar-refractivity contribution in [3.63, 3.8) is 0 Å². The van der Waals surface area contributed by atoms with Crippen LogP contribution in [0.5, 0.6) is 0 Å². The van der Waals surface area contributed by atoms with Crippen molar-refractivity contribution in [2.24, 2.45) is 5.73 Å². The lowest BCUT2D eigenvalue weighted by molar-refractivity contribution is -0.126. The topological polar surface area (TPSA) is 64.4 Å². The minimum absolute atomic E-state index is 0.0943. The molecule has 2 rings (SSSR count). The average molecular weight is 270 g/mol. The van der Waals surface area contributed by atoms with E-state index in [0.29, 0.717) is 18.7 Å². The number of nitrogens with two attached hydrogens (primary N) is 1. The first-order valence-electron chi connectivity index (χ1n) is 6.14. The molecule has 0 unspecified atom stereocenters. The fourth-order valence-corrected chi connectivity index (χ4v) is 2.05. The van der Waals surface area contributed by atoms with Gasteiger partial charge in [0.1, 0.15) is 6.10 Å². The summed E-state index contributed by atoms with van der Waals surface area (Å²) in [5, 5.41) is 2.59. The van der Waals surface area contributed by atoms with Gasteiger partial charge >= 0.3 is 0 Å². The molecule has 1 saturated heterocycles. The van der Waals surface area contributed by atoms with Gasteiger partial charge in [0, 0.05) is 17.8 Å². The molecule has 2 atom stereocenters. The molecule has 0 radical (unpaired) electrons. The SMILES string of the molecule is NC[C@H]1CC[C@@H](C(=O)Nc2cccc(C(F)F)c2)O1. The molecule has 104 valence electrons. The van der Waals surface area contributed by atoms with E-state index in [1.165, 1.54) is 18.2 Å². The number of carbonyl (C=O) groups excluding carboxylic acids is 1. The van der Waals surface area contributed by atoms with Gasteiger partial charge < -0.3 is 15.8 Å². The maximum absolute atomic E-state index is 12.5. The summed E-state index contributed by atoms with van der Waals surface area (Å²) < 4.78 is 30.5. The minimum Gasteiger partial charge on any atom is -0.364 e. The highest BCUT2D eigenvalue weighted by molar-refractivity contribution is 5.94. The zero-order chi connectivity index (χ0) is 13.8. The Hall–Kier alpha value is -1.53. The fraction of sp³-hybridized carbons (Fsp3) is 0.462. The molecule has 1 heterocycles. The van der Waals surface area contributed by atoms with E-state index in [0.717, 1.165) is 6.42 Å². The highest BCUT2D eigenvalue weighted by Crippen LogP contribution is 2.23.